The molecule has 1 aliphatic heterocycles. The predicted octanol–water partition coefficient (Wildman–Crippen LogP) is 3.00. The van der Waals surface area contributed by atoms with E-state index in [1.165, 1.54) is 4.88 Å². The van der Waals surface area contributed by atoms with Crippen molar-refractivity contribution in [3.05, 3.63) is 46.2 Å². The Morgan fingerprint density at radius 2 is 2.09 bits per heavy atom. The molecule has 0 spiro atoms. The van der Waals surface area contributed by atoms with Crippen molar-refractivity contribution in [3.8, 4) is 11.5 Å². The number of ether oxygens (including phenoxy) is 2. The third kappa shape index (κ3) is 5.00. The van der Waals surface area contributed by atoms with E-state index in [1.807, 2.05) is 18.2 Å². The van der Waals surface area contributed by atoms with E-state index in [0.717, 1.165) is 36.0 Å². The van der Waals surface area contributed by atoms with Crippen LogP contribution in [0.15, 0.2) is 40.7 Å². The van der Waals surface area contributed by atoms with Gasteiger partial charge in [-0.15, -0.1) is 35.3 Å². The van der Waals surface area contributed by atoms with Crippen molar-refractivity contribution < 1.29 is 9.47 Å². The molecule has 2 N–H and O–H groups in total. The van der Waals surface area contributed by atoms with Crippen molar-refractivity contribution in [1.29, 1.82) is 0 Å². The number of hydrogen-bond acceptors (Lipinski definition) is 4. The summed E-state index contributed by atoms with van der Waals surface area (Å²) in [5.74, 6) is 2.41. The van der Waals surface area contributed by atoms with Crippen molar-refractivity contribution >= 4 is 41.3 Å². The van der Waals surface area contributed by atoms with Gasteiger partial charge in [0.05, 0.1) is 0 Å². The molecule has 1 aromatic carbocycles. The maximum absolute atomic E-state index is 5.38. The monoisotopic (exact) mass is 445 g/mol. The van der Waals surface area contributed by atoms with Crippen LogP contribution in [0.2, 0.25) is 0 Å². The molecule has 7 heteroatoms. The van der Waals surface area contributed by atoms with E-state index >= 15 is 0 Å². The normalized spacial score (nSPS) is 12.7. The lowest BCUT2D eigenvalue weighted by Gasteiger charge is -2.11. The van der Waals surface area contributed by atoms with E-state index in [-0.39, 0.29) is 24.0 Å². The summed E-state index contributed by atoms with van der Waals surface area (Å²) in [6.07, 6.45) is 1.00. The van der Waals surface area contributed by atoms with Crippen LogP contribution >= 0.6 is 35.3 Å². The largest absolute Gasteiger partial charge is 0.454 e. The molecule has 0 aliphatic carbocycles. The summed E-state index contributed by atoms with van der Waals surface area (Å²) in [5.41, 5.74) is 1.13. The summed E-state index contributed by atoms with van der Waals surface area (Å²) in [6.45, 7) is 1.86. The summed E-state index contributed by atoms with van der Waals surface area (Å²) >= 11 is 1.78. The fourth-order valence-electron chi connectivity index (χ4n) is 2.22. The second-order valence-corrected chi connectivity index (χ2v) is 5.90. The molecule has 3 rings (SSSR count). The van der Waals surface area contributed by atoms with Crippen LogP contribution in [0.1, 0.15) is 10.4 Å². The van der Waals surface area contributed by atoms with Gasteiger partial charge in [0.15, 0.2) is 17.5 Å². The molecule has 2 heterocycles. The highest BCUT2D eigenvalue weighted by molar-refractivity contribution is 14.0. The van der Waals surface area contributed by atoms with Crippen LogP contribution in [0.25, 0.3) is 0 Å². The fraction of sp³-hybridized carbons (Fsp3) is 0.312. The number of hydrogen-bond donors (Lipinski definition) is 2. The van der Waals surface area contributed by atoms with Crippen molar-refractivity contribution in [1.82, 2.24) is 10.6 Å². The molecule has 0 fully saturated rings. The molecule has 0 saturated carbocycles. The lowest BCUT2D eigenvalue weighted by Crippen LogP contribution is -2.37. The number of benzene rings is 1. The van der Waals surface area contributed by atoms with Gasteiger partial charge in [-0.05, 0) is 35.6 Å². The molecule has 1 aromatic heterocycles. The Morgan fingerprint density at radius 3 is 2.87 bits per heavy atom. The van der Waals surface area contributed by atoms with Crippen molar-refractivity contribution in [2.45, 2.75) is 13.0 Å². The van der Waals surface area contributed by atoms with Gasteiger partial charge in [0.2, 0.25) is 6.79 Å². The first-order valence-electron chi connectivity index (χ1n) is 7.20. The fourth-order valence-corrected chi connectivity index (χ4v) is 2.93. The first kappa shape index (κ1) is 17.9. The lowest BCUT2D eigenvalue weighted by atomic mass is 10.2. The zero-order valence-electron chi connectivity index (χ0n) is 12.9. The molecule has 0 atom stereocenters. The van der Waals surface area contributed by atoms with Gasteiger partial charge in [-0.1, -0.05) is 12.1 Å². The molecular weight excluding hydrogens is 425 g/mol. The molecule has 0 unspecified atom stereocenters. The SMILES string of the molecule is CN=C(NCCc1cccs1)NCc1ccc2c(c1)OCO2.I. The summed E-state index contributed by atoms with van der Waals surface area (Å²) in [5, 5.41) is 8.72. The lowest BCUT2D eigenvalue weighted by molar-refractivity contribution is 0.174. The van der Waals surface area contributed by atoms with Crippen molar-refractivity contribution in [2.75, 3.05) is 20.4 Å². The maximum Gasteiger partial charge on any atom is 0.231 e. The minimum atomic E-state index is 0. The summed E-state index contributed by atoms with van der Waals surface area (Å²) in [7, 11) is 1.78. The topological polar surface area (TPSA) is 54.9 Å². The van der Waals surface area contributed by atoms with Crippen LogP contribution in [-0.2, 0) is 13.0 Å². The first-order valence-corrected chi connectivity index (χ1v) is 8.08. The number of aliphatic imine (C=N–C) groups is 1. The van der Waals surface area contributed by atoms with E-state index in [1.54, 1.807) is 18.4 Å². The van der Waals surface area contributed by atoms with E-state index in [9.17, 15) is 0 Å². The van der Waals surface area contributed by atoms with Crippen LogP contribution in [0.5, 0.6) is 11.5 Å². The Hall–Kier alpha value is -1.48. The Kier molecular flexibility index (Phi) is 6.97. The van der Waals surface area contributed by atoms with Gasteiger partial charge in [0.25, 0.3) is 0 Å². The Labute approximate surface area is 157 Å². The van der Waals surface area contributed by atoms with Crippen molar-refractivity contribution in [2.24, 2.45) is 4.99 Å². The number of fused-ring (bicyclic) bond motifs is 1. The van der Waals surface area contributed by atoms with Gasteiger partial charge in [-0.25, -0.2) is 0 Å². The van der Waals surface area contributed by atoms with Gasteiger partial charge in [-0.3, -0.25) is 4.99 Å². The molecular formula is C16H20IN3O2S. The summed E-state index contributed by atoms with van der Waals surface area (Å²) in [6, 6.07) is 10.2. The Bertz CT molecular complexity index is 647. The molecule has 23 heavy (non-hydrogen) atoms. The number of thiophene rings is 1. The zero-order chi connectivity index (χ0) is 15.2. The number of nitrogens with one attached hydrogen (secondary N) is 2. The van der Waals surface area contributed by atoms with Crippen molar-refractivity contribution in [3.63, 3.8) is 0 Å². The average Bonchev–Trinajstić information content (AvgIpc) is 3.21. The van der Waals surface area contributed by atoms with Crippen LogP contribution in [-0.4, -0.2) is 26.3 Å². The predicted molar refractivity (Wildman–Crippen MR) is 104 cm³/mol. The molecule has 2 aromatic rings. The minimum absolute atomic E-state index is 0. The highest BCUT2D eigenvalue weighted by atomic mass is 127. The smallest absolute Gasteiger partial charge is 0.231 e. The average molecular weight is 445 g/mol. The molecule has 0 bridgehead atoms. The van der Waals surface area contributed by atoms with E-state index in [4.69, 9.17) is 9.47 Å². The molecule has 1 aliphatic rings. The number of nitrogens with zero attached hydrogens (tertiary/aromatic N) is 1. The molecule has 0 saturated heterocycles. The molecule has 0 amide bonds. The maximum atomic E-state index is 5.38. The standard InChI is InChI=1S/C16H19N3O2S.HI/c1-17-16(18-7-6-13-3-2-8-22-13)19-10-12-4-5-14-15(9-12)21-11-20-14;/h2-5,8-9H,6-7,10-11H2,1H3,(H2,17,18,19);1H. The molecule has 5 nitrogen and oxygen atoms in total. The van der Waals surface area contributed by atoms with E-state index in [0.29, 0.717) is 13.3 Å². The third-order valence-corrected chi connectivity index (χ3v) is 4.30. The quantitative estimate of drug-likeness (QED) is 0.422. The highest BCUT2D eigenvalue weighted by Crippen LogP contribution is 2.32. The summed E-state index contributed by atoms with van der Waals surface area (Å²) in [4.78, 5) is 5.61. The second-order valence-electron chi connectivity index (χ2n) is 4.87. The third-order valence-electron chi connectivity index (χ3n) is 3.36. The minimum Gasteiger partial charge on any atom is -0.454 e. The van der Waals surface area contributed by atoms with Gasteiger partial charge in [0.1, 0.15) is 0 Å². The number of rotatable bonds is 5. The molecule has 0 radical (unpaired) electrons. The van der Waals surface area contributed by atoms with E-state index in [2.05, 4.69) is 33.1 Å². The summed E-state index contributed by atoms with van der Waals surface area (Å²) < 4.78 is 10.7. The van der Waals surface area contributed by atoms with Gasteiger partial charge >= 0.3 is 0 Å². The zero-order valence-corrected chi connectivity index (χ0v) is 16.0. The highest BCUT2D eigenvalue weighted by Gasteiger charge is 2.13. The van der Waals surface area contributed by atoms with Gasteiger partial charge in [0, 0.05) is 25.0 Å². The second kappa shape index (κ2) is 8.97. The van der Waals surface area contributed by atoms with Crippen LogP contribution in [0.4, 0.5) is 0 Å². The van der Waals surface area contributed by atoms with E-state index < -0.39 is 0 Å². The van der Waals surface area contributed by atoms with Crippen LogP contribution in [0, 0.1) is 0 Å². The van der Waals surface area contributed by atoms with Crippen LogP contribution < -0.4 is 20.1 Å². The first-order chi connectivity index (χ1) is 10.8. The molecule has 124 valence electrons. The van der Waals surface area contributed by atoms with Gasteiger partial charge < -0.3 is 20.1 Å². The number of guanidine groups is 1. The Morgan fingerprint density at radius 1 is 1.22 bits per heavy atom. The van der Waals surface area contributed by atoms with Crippen LogP contribution in [0.3, 0.4) is 0 Å². The Balaban J connectivity index is 0.00000192. The number of halogens is 1. The van der Waals surface area contributed by atoms with Gasteiger partial charge in [-0.2, -0.15) is 0 Å².